The molecule has 0 amide bonds. The van der Waals surface area contributed by atoms with Gasteiger partial charge in [-0.3, -0.25) is 0 Å². The predicted octanol–water partition coefficient (Wildman–Crippen LogP) is 2.67. The Labute approximate surface area is 106 Å². The number of hydrogen-bond acceptors (Lipinski definition) is 4. The zero-order chi connectivity index (χ0) is 13.5. The molecule has 0 fully saturated rings. The number of esters is 1. The van der Waals surface area contributed by atoms with E-state index >= 15 is 0 Å². The van der Waals surface area contributed by atoms with Crippen molar-refractivity contribution < 1.29 is 19.4 Å². The topological polar surface area (TPSA) is 55.8 Å². The molecule has 1 aromatic rings. The number of ether oxygens (including phenoxy) is 2. The number of carbonyl (C=O) groups excluding carboxylic acids is 1. The molecule has 0 aliphatic carbocycles. The number of fused-ring (bicyclic) bond motifs is 1. The summed E-state index contributed by atoms with van der Waals surface area (Å²) in [5, 5.41) is 10.2. The van der Waals surface area contributed by atoms with Crippen LogP contribution in [0.3, 0.4) is 0 Å². The number of aromatic hydroxyl groups is 1. The molecule has 1 N–H and O–H groups in total. The lowest BCUT2D eigenvalue weighted by atomic mass is 9.97. The number of methoxy groups -OCH3 is 1. The highest BCUT2D eigenvalue weighted by atomic mass is 16.5. The lowest BCUT2D eigenvalue weighted by Gasteiger charge is -2.29. The third-order valence-corrected chi connectivity index (χ3v) is 2.91. The third kappa shape index (κ3) is 1.94. The summed E-state index contributed by atoms with van der Waals surface area (Å²) in [6.07, 6.45) is 3.60. The molecule has 1 aromatic carbocycles. The first-order valence-electron chi connectivity index (χ1n) is 5.69. The van der Waals surface area contributed by atoms with Crippen LogP contribution in [-0.4, -0.2) is 23.8 Å². The van der Waals surface area contributed by atoms with Gasteiger partial charge in [-0.05, 0) is 44.6 Å². The maximum atomic E-state index is 11.6. The summed E-state index contributed by atoms with van der Waals surface area (Å²) in [5.74, 6) is -0.0696. The van der Waals surface area contributed by atoms with Crippen LogP contribution in [0.25, 0.3) is 6.08 Å². The number of hydrogen-bond donors (Lipinski definition) is 1. The molecule has 0 bridgehead atoms. The lowest BCUT2D eigenvalue weighted by Crippen LogP contribution is -2.27. The smallest absolute Gasteiger partial charge is 0.341 e. The number of aryl methyl sites for hydroxylation is 1. The van der Waals surface area contributed by atoms with Gasteiger partial charge in [-0.2, -0.15) is 0 Å². The molecule has 0 spiro atoms. The van der Waals surface area contributed by atoms with Crippen molar-refractivity contribution in [3.63, 3.8) is 0 Å². The van der Waals surface area contributed by atoms with E-state index in [4.69, 9.17) is 4.74 Å². The van der Waals surface area contributed by atoms with Crippen molar-refractivity contribution in [3.8, 4) is 11.5 Å². The highest BCUT2D eigenvalue weighted by Crippen LogP contribution is 2.40. The number of rotatable bonds is 1. The van der Waals surface area contributed by atoms with Crippen LogP contribution in [-0.2, 0) is 4.74 Å². The Balaban J connectivity index is 2.62. The average molecular weight is 248 g/mol. The van der Waals surface area contributed by atoms with Crippen LogP contribution < -0.4 is 4.74 Å². The quantitative estimate of drug-likeness (QED) is 0.776. The van der Waals surface area contributed by atoms with Crippen molar-refractivity contribution in [3.05, 3.63) is 28.8 Å². The van der Waals surface area contributed by atoms with Crippen LogP contribution in [0, 0.1) is 6.92 Å². The number of carbonyl (C=O) groups is 1. The van der Waals surface area contributed by atoms with Crippen molar-refractivity contribution in [1.29, 1.82) is 0 Å². The summed E-state index contributed by atoms with van der Waals surface area (Å²) in [6.45, 7) is 5.58. The molecular formula is C14H16O4. The summed E-state index contributed by atoms with van der Waals surface area (Å²) in [6, 6.07) is 1.74. The van der Waals surface area contributed by atoms with Gasteiger partial charge in [0.2, 0.25) is 0 Å². The molecule has 0 aromatic heterocycles. The Kier molecular flexibility index (Phi) is 2.81. The molecule has 0 saturated heterocycles. The van der Waals surface area contributed by atoms with E-state index in [1.165, 1.54) is 7.11 Å². The van der Waals surface area contributed by atoms with E-state index in [1.807, 2.05) is 19.9 Å². The second-order valence-corrected chi connectivity index (χ2v) is 4.86. The molecule has 1 aliphatic heterocycles. The summed E-state index contributed by atoms with van der Waals surface area (Å²) >= 11 is 0. The molecule has 0 atom stereocenters. The van der Waals surface area contributed by atoms with Crippen LogP contribution in [0.4, 0.5) is 0 Å². The van der Waals surface area contributed by atoms with E-state index in [0.29, 0.717) is 16.9 Å². The Morgan fingerprint density at radius 1 is 1.44 bits per heavy atom. The minimum atomic E-state index is -0.550. The van der Waals surface area contributed by atoms with Crippen molar-refractivity contribution in [2.45, 2.75) is 26.4 Å². The van der Waals surface area contributed by atoms with Crippen LogP contribution in [0.1, 0.15) is 35.3 Å². The van der Waals surface area contributed by atoms with Gasteiger partial charge in [0.05, 0.1) is 12.7 Å². The third-order valence-electron chi connectivity index (χ3n) is 2.91. The predicted molar refractivity (Wildman–Crippen MR) is 67.9 cm³/mol. The van der Waals surface area contributed by atoms with E-state index < -0.39 is 11.6 Å². The van der Waals surface area contributed by atoms with Crippen molar-refractivity contribution >= 4 is 12.0 Å². The van der Waals surface area contributed by atoms with Gasteiger partial charge in [-0.1, -0.05) is 0 Å². The van der Waals surface area contributed by atoms with Crippen molar-refractivity contribution in [2.75, 3.05) is 7.11 Å². The SMILES string of the molecule is COC(=O)c1c(C)cc2c(c1O)C=CC(C)(C)O2. The van der Waals surface area contributed by atoms with Gasteiger partial charge < -0.3 is 14.6 Å². The fraction of sp³-hybridized carbons (Fsp3) is 0.357. The van der Waals surface area contributed by atoms with Gasteiger partial charge in [0.1, 0.15) is 22.7 Å². The number of phenolic OH excluding ortho intramolecular Hbond substituents is 1. The van der Waals surface area contributed by atoms with Gasteiger partial charge >= 0.3 is 5.97 Å². The Hall–Kier alpha value is -1.97. The Morgan fingerprint density at radius 3 is 2.72 bits per heavy atom. The first-order chi connectivity index (χ1) is 8.35. The van der Waals surface area contributed by atoms with Crippen molar-refractivity contribution in [1.82, 2.24) is 0 Å². The second-order valence-electron chi connectivity index (χ2n) is 4.86. The summed E-state index contributed by atoms with van der Waals surface area (Å²) in [4.78, 5) is 11.6. The molecular weight excluding hydrogens is 232 g/mol. The summed E-state index contributed by atoms with van der Waals surface area (Å²) in [5.41, 5.74) is 0.910. The minimum absolute atomic E-state index is 0.0939. The largest absolute Gasteiger partial charge is 0.506 e. The molecule has 1 aliphatic rings. The highest BCUT2D eigenvalue weighted by Gasteiger charge is 2.27. The molecule has 1 heterocycles. The zero-order valence-electron chi connectivity index (χ0n) is 10.9. The van der Waals surface area contributed by atoms with E-state index in [0.717, 1.165) is 0 Å². The maximum Gasteiger partial charge on any atom is 0.341 e. The van der Waals surface area contributed by atoms with Gasteiger partial charge in [0, 0.05) is 0 Å². The molecule has 2 rings (SSSR count). The molecule has 18 heavy (non-hydrogen) atoms. The average Bonchev–Trinajstić information content (AvgIpc) is 2.26. The molecule has 0 unspecified atom stereocenters. The van der Waals surface area contributed by atoms with Gasteiger partial charge in [0.15, 0.2) is 0 Å². The first kappa shape index (κ1) is 12.5. The lowest BCUT2D eigenvalue weighted by molar-refractivity contribution is 0.0596. The fourth-order valence-electron chi connectivity index (χ4n) is 1.99. The fourth-order valence-corrected chi connectivity index (χ4v) is 1.99. The first-order valence-corrected chi connectivity index (χ1v) is 5.69. The molecule has 4 nitrogen and oxygen atoms in total. The second kappa shape index (κ2) is 4.05. The Bertz CT molecular complexity index is 541. The molecule has 0 radical (unpaired) electrons. The van der Waals surface area contributed by atoms with Crippen LogP contribution in [0.5, 0.6) is 11.5 Å². The van der Waals surface area contributed by atoms with E-state index in [2.05, 4.69) is 4.74 Å². The van der Waals surface area contributed by atoms with Crippen molar-refractivity contribution in [2.24, 2.45) is 0 Å². The monoisotopic (exact) mass is 248 g/mol. The summed E-state index contributed by atoms with van der Waals surface area (Å²) in [7, 11) is 1.29. The van der Waals surface area contributed by atoms with E-state index in [9.17, 15) is 9.90 Å². The highest BCUT2D eigenvalue weighted by molar-refractivity contribution is 5.96. The van der Waals surface area contributed by atoms with Gasteiger partial charge in [-0.25, -0.2) is 4.79 Å². The van der Waals surface area contributed by atoms with Crippen LogP contribution >= 0.6 is 0 Å². The van der Waals surface area contributed by atoms with Crippen LogP contribution in [0.15, 0.2) is 12.1 Å². The summed E-state index contributed by atoms with van der Waals surface area (Å²) < 4.78 is 10.4. The van der Waals surface area contributed by atoms with E-state index in [1.54, 1.807) is 19.1 Å². The zero-order valence-corrected chi connectivity index (χ0v) is 10.9. The number of phenols is 1. The maximum absolute atomic E-state index is 11.6. The van der Waals surface area contributed by atoms with Crippen LogP contribution in [0.2, 0.25) is 0 Å². The molecule has 0 saturated carbocycles. The normalized spacial score (nSPS) is 15.8. The van der Waals surface area contributed by atoms with Gasteiger partial charge in [0.25, 0.3) is 0 Å². The minimum Gasteiger partial charge on any atom is -0.506 e. The standard InChI is InChI=1S/C14H16O4/c1-8-7-10-9(5-6-14(2,3)18-10)12(15)11(8)13(16)17-4/h5-7,15H,1-4H3. The molecule has 4 heteroatoms. The van der Waals surface area contributed by atoms with E-state index in [-0.39, 0.29) is 11.3 Å². The number of benzene rings is 1. The van der Waals surface area contributed by atoms with Gasteiger partial charge in [-0.15, -0.1) is 0 Å². The Morgan fingerprint density at radius 2 is 2.11 bits per heavy atom. The molecule has 96 valence electrons.